The van der Waals surface area contributed by atoms with Gasteiger partial charge in [-0.1, -0.05) is 140 Å². The average molecular weight is 647 g/mol. The van der Waals surface area contributed by atoms with Crippen molar-refractivity contribution in [3.8, 4) is 33.4 Å². The van der Waals surface area contributed by atoms with Gasteiger partial charge in [0.2, 0.25) is 0 Å². The smallest absolute Gasteiger partial charge is 0.136 e. The fourth-order valence-corrected chi connectivity index (χ4v) is 8.32. The van der Waals surface area contributed by atoms with Crippen molar-refractivity contribution < 1.29 is 4.42 Å². The minimum Gasteiger partial charge on any atom is -0.456 e. The van der Waals surface area contributed by atoms with E-state index in [4.69, 9.17) is 4.42 Å². The van der Waals surface area contributed by atoms with Gasteiger partial charge in [0.1, 0.15) is 11.2 Å². The van der Waals surface area contributed by atoms with Crippen LogP contribution in [-0.4, -0.2) is 0 Å². The van der Waals surface area contributed by atoms with Gasteiger partial charge in [-0.2, -0.15) is 0 Å². The average Bonchev–Trinajstić information content (AvgIpc) is 3.55. The highest BCUT2D eigenvalue weighted by atomic mass is 16.3. The van der Waals surface area contributed by atoms with Crippen molar-refractivity contribution in [2.45, 2.75) is 0 Å². The van der Waals surface area contributed by atoms with E-state index in [1.54, 1.807) is 0 Å². The summed E-state index contributed by atoms with van der Waals surface area (Å²) in [6.07, 6.45) is 0. The van der Waals surface area contributed by atoms with E-state index in [1.807, 2.05) is 0 Å². The number of hydrogen-bond acceptors (Lipinski definition) is 1. The van der Waals surface area contributed by atoms with Crippen LogP contribution in [0.5, 0.6) is 0 Å². The van der Waals surface area contributed by atoms with Gasteiger partial charge in [-0.05, 0) is 130 Å². The Balaban J connectivity index is 1.05. The van der Waals surface area contributed by atoms with Crippen molar-refractivity contribution in [2.75, 3.05) is 0 Å². The number of fused-ring (bicyclic) bond motifs is 8. The predicted molar refractivity (Wildman–Crippen MR) is 218 cm³/mol. The van der Waals surface area contributed by atoms with E-state index in [0.717, 1.165) is 21.9 Å². The molecule has 236 valence electrons. The van der Waals surface area contributed by atoms with Crippen LogP contribution in [0.2, 0.25) is 0 Å². The lowest BCUT2D eigenvalue weighted by Gasteiger charge is -2.18. The van der Waals surface area contributed by atoms with Gasteiger partial charge in [0.15, 0.2) is 0 Å². The third-order valence-electron chi connectivity index (χ3n) is 10.8. The molecule has 1 aromatic heterocycles. The molecule has 0 saturated carbocycles. The minimum atomic E-state index is 0.917. The molecule has 0 fully saturated rings. The van der Waals surface area contributed by atoms with Gasteiger partial charge in [0.25, 0.3) is 0 Å². The van der Waals surface area contributed by atoms with Crippen molar-refractivity contribution in [1.29, 1.82) is 0 Å². The summed E-state index contributed by atoms with van der Waals surface area (Å²) >= 11 is 0. The Labute approximate surface area is 294 Å². The summed E-state index contributed by atoms with van der Waals surface area (Å²) in [5.74, 6) is 0. The van der Waals surface area contributed by atoms with E-state index in [1.165, 1.54) is 87.2 Å². The maximum atomic E-state index is 6.29. The Morgan fingerprint density at radius 3 is 1.24 bits per heavy atom. The lowest BCUT2D eigenvalue weighted by atomic mass is 9.85. The predicted octanol–water partition coefficient (Wildman–Crippen LogP) is 14.4. The van der Waals surface area contributed by atoms with Crippen LogP contribution in [0.1, 0.15) is 0 Å². The zero-order valence-corrected chi connectivity index (χ0v) is 27.7. The summed E-state index contributed by atoms with van der Waals surface area (Å²) in [6.45, 7) is 0. The first kappa shape index (κ1) is 28.2. The topological polar surface area (TPSA) is 13.1 Å². The van der Waals surface area contributed by atoms with E-state index >= 15 is 0 Å². The first-order valence-electron chi connectivity index (χ1n) is 17.6. The Morgan fingerprint density at radius 2 is 0.627 bits per heavy atom. The van der Waals surface area contributed by atoms with Gasteiger partial charge >= 0.3 is 0 Å². The van der Waals surface area contributed by atoms with Crippen LogP contribution < -0.4 is 0 Å². The second kappa shape index (κ2) is 10.9. The fourth-order valence-electron chi connectivity index (χ4n) is 8.32. The van der Waals surface area contributed by atoms with Crippen LogP contribution in [0.4, 0.5) is 0 Å². The van der Waals surface area contributed by atoms with Gasteiger partial charge < -0.3 is 4.42 Å². The van der Waals surface area contributed by atoms with Crippen LogP contribution >= 0.6 is 0 Å². The number of benzene rings is 10. The van der Waals surface area contributed by atoms with Gasteiger partial charge in [-0.3, -0.25) is 0 Å². The molecule has 0 aliphatic rings. The molecule has 10 aromatic carbocycles. The monoisotopic (exact) mass is 646 g/mol. The van der Waals surface area contributed by atoms with Crippen LogP contribution in [0.15, 0.2) is 186 Å². The first-order chi connectivity index (χ1) is 25.2. The van der Waals surface area contributed by atoms with Gasteiger partial charge in [-0.25, -0.2) is 0 Å². The summed E-state index contributed by atoms with van der Waals surface area (Å²) in [4.78, 5) is 0. The molecule has 0 bridgehead atoms. The normalized spacial score (nSPS) is 11.9. The Bertz CT molecular complexity index is 3140. The number of hydrogen-bond donors (Lipinski definition) is 0. The Hall–Kier alpha value is -6.70. The lowest BCUT2D eigenvalue weighted by molar-refractivity contribution is 0.669. The molecule has 11 rings (SSSR count). The van der Waals surface area contributed by atoms with Crippen LogP contribution in [0.3, 0.4) is 0 Å². The highest BCUT2D eigenvalue weighted by Crippen LogP contribution is 2.45. The van der Waals surface area contributed by atoms with E-state index in [9.17, 15) is 0 Å². The zero-order valence-electron chi connectivity index (χ0n) is 27.7. The first-order valence-corrected chi connectivity index (χ1v) is 17.6. The van der Waals surface area contributed by atoms with Gasteiger partial charge in [0.05, 0.1) is 0 Å². The molecule has 1 heteroatoms. The van der Waals surface area contributed by atoms with E-state index < -0.39 is 0 Å². The lowest BCUT2D eigenvalue weighted by Crippen LogP contribution is -1.91. The van der Waals surface area contributed by atoms with Crippen LogP contribution in [0, 0.1) is 0 Å². The Morgan fingerprint density at radius 1 is 0.235 bits per heavy atom. The molecule has 0 saturated heterocycles. The van der Waals surface area contributed by atoms with Gasteiger partial charge in [0, 0.05) is 10.8 Å². The minimum absolute atomic E-state index is 0.917. The molecule has 0 aliphatic heterocycles. The van der Waals surface area contributed by atoms with E-state index in [-0.39, 0.29) is 0 Å². The summed E-state index contributed by atoms with van der Waals surface area (Å²) in [5, 5.41) is 14.8. The standard InChI is InChI=1S/C50H30O/c1-2-10-32-26-39(21-17-31(32)9-1)49-41-13-5-7-15-43(41)50(44-16-8-6-14-42(44)49)40-22-20-35-25-36(18-19-37(35)27-40)38-23-24-47-45(29-38)46-28-33-11-3-4-12-34(33)30-48(46)51-47/h1-30H. The molecule has 0 amide bonds. The van der Waals surface area contributed by atoms with E-state index in [2.05, 4.69) is 182 Å². The molecule has 1 nitrogen and oxygen atoms in total. The highest BCUT2D eigenvalue weighted by molar-refractivity contribution is 6.22. The number of furan rings is 1. The molecule has 0 aliphatic carbocycles. The third kappa shape index (κ3) is 4.42. The molecule has 0 spiro atoms. The molecule has 0 unspecified atom stereocenters. The SMILES string of the molecule is c1ccc2cc(-c3c4ccccc4c(-c4ccc5cc(-c6ccc7oc8cc9ccccc9cc8c7c6)ccc5c4)c4ccccc34)ccc2c1. The molecule has 0 atom stereocenters. The second-order valence-electron chi connectivity index (χ2n) is 13.7. The summed E-state index contributed by atoms with van der Waals surface area (Å²) in [6, 6.07) is 66.5. The molecule has 51 heavy (non-hydrogen) atoms. The maximum Gasteiger partial charge on any atom is 0.136 e. The summed E-state index contributed by atoms with van der Waals surface area (Å²) in [5.41, 5.74) is 9.27. The zero-order chi connectivity index (χ0) is 33.5. The second-order valence-corrected chi connectivity index (χ2v) is 13.7. The number of rotatable bonds is 3. The van der Waals surface area contributed by atoms with Crippen LogP contribution in [-0.2, 0) is 0 Å². The Kier molecular flexibility index (Phi) is 6.02. The maximum absolute atomic E-state index is 6.29. The molecule has 0 N–H and O–H groups in total. The summed E-state index contributed by atoms with van der Waals surface area (Å²) in [7, 11) is 0. The van der Waals surface area contributed by atoms with Crippen molar-refractivity contribution in [2.24, 2.45) is 0 Å². The van der Waals surface area contributed by atoms with Crippen molar-refractivity contribution >= 4 is 75.8 Å². The summed E-state index contributed by atoms with van der Waals surface area (Å²) < 4.78 is 6.29. The van der Waals surface area contributed by atoms with Crippen molar-refractivity contribution in [3.63, 3.8) is 0 Å². The quantitative estimate of drug-likeness (QED) is 0.174. The van der Waals surface area contributed by atoms with Gasteiger partial charge in [-0.15, -0.1) is 0 Å². The third-order valence-corrected chi connectivity index (χ3v) is 10.8. The molecule has 0 radical (unpaired) electrons. The van der Waals surface area contributed by atoms with Crippen molar-refractivity contribution in [3.05, 3.63) is 182 Å². The van der Waals surface area contributed by atoms with E-state index in [0.29, 0.717) is 0 Å². The highest BCUT2D eigenvalue weighted by Gasteiger charge is 2.17. The largest absolute Gasteiger partial charge is 0.456 e. The fraction of sp³-hybridized carbons (Fsp3) is 0. The molecular weight excluding hydrogens is 617 g/mol. The van der Waals surface area contributed by atoms with Crippen LogP contribution in [0.25, 0.3) is 109 Å². The molecule has 11 aromatic rings. The molecular formula is C50H30O. The molecule has 1 heterocycles. The van der Waals surface area contributed by atoms with Crippen molar-refractivity contribution in [1.82, 2.24) is 0 Å².